The Labute approximate surface area is 226 Å². The number of aliphatic carboxylic acids is 1. The predicted molar refractivity (Wildman–Crippen MR) is 145 cm³/mol. The highest BCUT2D eigenvalue weighted by Crippen LogP contribution is 2.85. The van der Waals surface area contributed by atoms with E-state index in [4.69, 9.17) is 10.1 Å². The second-order valence-corrected chi connectivity index (χ2v) is 12.1. The fraction of sp³-hybridized carbons (Fsp3) is 0.419. The normalized spacial score (nSPS) is 24.2. The van der Waals surface area contributed by atoms with Crippen LogP contribution >= 0.6 is 0 Å². The molecular weight excluding hydrogens is 492 g/mol. The fourth-order valence-electron chi connectivity index (χ4n) is 7.37. The lowest BCUT2D eigenvalue weighted by Crippen LogP contribution is -2.69. The van der Waals surface area contributed by atoms with Crippen LogP contribution in [0, 0.1) is 16.2 Å². The molecule has 3 heterocycles. The van der Waals surface area contributed by atoms with Gasteiger partial charge in [0.25, 0.3) is 0 Å². The van der Waals surface area contributed by atoms with E-state index < -0.39 is 11.4 Å². The van der Waals surface area contributed by atoms with Crippen LogP contribution in [-0.4, -0.2) is 47.9 Å². The maximum atomic E-state index is 13.7. The molecule has 4 fully saturated rings. The number of nitrogens with zero attached hydrogens (tertiary/aromatic N) is 4. The minimum Gasteiger partial charge on any atom is -0.481 e. The summed E-state index contributed by atoms with van der Waals surface area (Å²) < 4.78 is 3.94. The van der Waals surface area contributed by atoms with Crippen molar-refractivity contribution >= 4 is 22.7 Å². The van der Waals surface area contributed by atoms with Crippen molar-refractivity contribution < 1.29 is 19.8 Å². The molecule has 200 valence electrons. The van der Waals surface area contributed by atoms with Gasteiger partial charge in [0.15, 0.2) is 5.78 Å². The van der Waals surface area contributed by atoms with E-state index in [1.807, 2.05) is 65.9 Å². The number of para-hydroxylation sites is 1. The molecule has 2 N–H and O–H groups in total. The Balaban J connectivity index is 1.09. The highest BCUT2D eigenvalue weighted by molar-refractivity contribution is 6.07. The van der Waals surface area contributed by atoms with Gasteiger partial charge in [-0.2, -0.15) is 5.10 Å². The van der Waals surface area contributed by atoms with Crippen LogP contribution in [-0.2, 0) is 17.9 Å². The van der Waals surface area contributed by atoms with Gasteiger partial charge in [-0.25, -0.2) is 0 Å². The Morgan fingerprint density at radius 1 is 1.00 bits per heavy atom. The van der Waals surface area contributed by atoms with Gasteiger partial charge in [0.1, 0.15) is 0 Å². The van der Waals surface area contributed by atoms with E-state index in [0.29, 0.717) is 25.9 Å². The molecule has 4 aliphatic rings. The first-order chi connectivity index (χ1) is 18.9. The van der Waals surface area contributed by atoms with Gasteiger partial charge in [0, 0.05) is 60.2 Å². The second-order valence-electron chi connectivity index (χ2n) is 12.1. The molecule has 0 unspecified atom stereocenters. The van der Waals surface area contributed by atoms with Crippen LogP contribution in [0.15, 0.2) is 61.2 Å². The summed E-state index contributed by atoms with van der Waals surface area (Å²) in [6.45, 7) is 1.37. The Kier molecular flexibility index (Phi) is 5.36. The molecule has 0 aliphatic heterocycles. The molecule has 3 aromatic heterocycles. The molecule has 4 aromatic rings. The van der Waals surface area contributed by atoms with Crippen molar-refractivity contribution in [3.8, 4) is 11.1 Å². The van der Waals surface area contributed by atoms with Gasteiger partial charge in [0.2, 0.25) is 0 Å². The lowest BCUT2D eigenvalue weighted by molar-refractivity contribution is -0.248. The van der Waals surface area contributed by atoms with Crippen molar-refractivity contribution in [3.63, 3.8) is 0 Å². The molecule has 8 heteroatoms. The zero-order chi connectivity index (χ0) is 26.8. The van der Waals surface area contributed by atoms with E-state index in [1.54, 1.807) is 0 Å². The van der Waals surface area contributed by atoms with Crippen molar-refractivity contribution in [1.29, 1.82) is 0 Å². The Morgan fingerprint density at radius 2 is 1.82 bits per heavy atom. The molecule has 39 heavy (non-hydrogen) atoms. The SMILES string of the molecule is O=C(CC1(C23CC(C(=O)O)(C2)C3)CC1)c1cccc2ccn(Cc3ccc(-c4cnn(CCCO)c4)cn3)c12. The standard InChI is InChI=1S/C31H32N4O4/c36-12-2-10-35-16-23(15-33-35)22-5-6-24(32-14-22)17-34-11-7-21-3-1-4-25(27(21)34)26(37)13-30(8-9-30)31-18-29(19-31,20-31)28(38)39/h1,3-7,11,14-16,36H,2,8-10,12-13,17-20H2,(H,38,39). The maximum Gasteiger partial charge on any atom is 0.309 e. The monoisotopic (exact) mass is 524 g/mol. The largest absolute Gasteiger partial charge is 0.481 e. The number of hydrogen-bond donors (Lipinski definition) is 2. The zero-order valence-corrected chi connectivity index (χ0v) is 21.8. The molecule has 4 saturated carbocycles. The van der Waals surface area contributed by atoms with E-state index >= 15 is 0 Å². The van der Waals surface area contributed by atoms with Crippen molar-refractivity contribution in [3.05, 3.63) is 72.4 Å². The first kappa shape index (κ1) is 24.3. The summed E-state index contributed by atoms with van der Waals surface area (Å²) in [5, 5.41) is 24.0. The molecule has 2 bridgehead atoms. The molecule has 0 radical (unpaired) electrons. The van der Waals surface area contributed by atoms with E-state index in [9.17, 15) is 14.7 Å². The smallest absolute Gasteiger partial charge is 0.309 e. The average molecular weight is 525 g/mol. The number of carboxylic acids is 1. The number of hydrogen-bond acceptors (Lipinski definition) is 5. The van der Waals surface area contributed by atoms with Gasteiger partial charge in [0.05, 0.1) is 29.4 Å². The first-order valence-electron chi connectivity index (χ1n) is 13.8. The Bertz CT molecular complexity index is 1570. The summed E-state index contributed by atoms with van der Waals surface area (Å²) in [6.07, 6.45) is 13.1. The van der Waals surface area contributed by atoms with Crippen LogP contribution in [0.1, 0.15) is 61.0 Å². The quantitative estimate of drug-likeness (QED) is 0.269. The van der Waals surface area contributed by atoms with Crippen molar-refractivity contribution in [1.82, 2.24) is 19.3 Å². The third-order valence-corrected chi connectivity index (χ3v) is 9.72. The molecule has 0 amide bonds. The fourth-order valence-corrected chi connectivity index (χ4v) is 7.37. The number of carbonyl (C=O) groups excluding carboxylic acids is 1. The molecular formula is C31H32N4O4. The third kappa shape index (κ3) is 3.76. The minimum atomic E-state index is -0.663. The topological polar surface area (TPSA) is 110 Å². The number of aryl methyl sites for hydroxylation is 1. The molecule has 8 nitrogen and oxygen atoms in total. The molecule has 0 atom stereocenters. The molecule has 0 saturated heterocycles. The number of rotatable bonds is 11. The number of benzene rings is 1. The van der Waals surface area contributed by atoms with E-state index in [0.717, 1.165) is 65.4 Å². The summed E-state index contributed by atoms with van der Waals surface area (Å²) >= 11 is 0. The Morgan fingerprint density at radius 3 is 2.51 bits per heavy atom. The van der Waals surface area contributed by atoms with Gasteiger partial charge in [-0.05, 0) is 67.6 Å². The van der Waals surface area contributed by atoms with Crippen LogP contribution in [0.5, 0.6) is 0 Å². The van der Waals surface area contributed by atoms with E-state index in [2.05, 4.69) is 9.67 Å². The van der Waals surface area contributed by atoms with Gasteiger partial charge in [-0.1, -0.05) is 18.2 Å². The number of aromatic nitrogens is 4. The summed E-state index contributed by atoms with van der Waals surface area (Å²) in [5.41, 5.74) is 4.11. The number of ketones is 1. The number of carboxylic acid groups (broad SMARTS) is 1. The van der Waals surface area contributed by atoms with Gasteiger partial charge < -0.3 is 14.8 Å². The molecule has 1 aromatic carbocycles. The van der Waals surface area contributed by atoms with Gasteiger partial charge in [-0.3, -0.25) is 19.3 Å². The van der Waals surface area contributed by atoms with E-state index in [-0.39, 0.29) is 23.2 Å². The second kappa shape index (κ2) is 8.61. The van der Waals surface area contributed by atoms with Crippen LogP contribution in [0.4, 0.5) is 0 Å². The van der Waals surface area contributed by atoms with Crippen LogP contribution in [0.3, 0.4) is 0 Å². The van der Waals surface area contributed by atoms with Crippen LogP contribution in [0.2, 0.25) is 0 Å². The zero-order valence-electron chi connectivity index (χ0n) is 21.8. The molecule has 8 rings (SSSR count). The lowest BCUT2D eigenvalue weighted by Gasteiger charge is -2.72. The van der Waals surface area contributed by atoms with Crippen LogP contribution in [0.25, 0.3) is 22.0 Å². The third-order valence-electron chi connectivity index (χ3n) is 9.72. The number of pyridine rings is 1. The van der Waals surface area contributed by atoms with Crippen LogP contribution < -0.4 is 0 Å². The number of aliphatic hydroxyl groups is 1. The van der Waals surface area contributed by atoms with E-state index in [1.165, 1.54) is 0 Å². The van der Waals surface area contributed by atoms with Gasteiger partial charge >= 0.3 is 5.97 Å². The Hall–Kier alpha value is -3.78. The summed E-state index contributed by atoms with van der Waals surface area (Å²) in [4.78, 5) is 30.1. The van der Waals surface area contributed by atoms with Crippen molar-refractivity contribution in [2.45, 2.75) is 58.0 Å². The molecule has 0 spiro atoms. The minimum absolute atomic E-state index is 0.00976. The highest BCUT2D eigenvalue weighted by Gasteiger charge is 2.80. The maximum absolute atomic E-state index is 13.7. The highest BCUT2D eigenvalue weighted by atomic mass is 16.4. The number of fused-ring (bicyclic) bond motifs is 1. The summed E-state index contributed by atoms with van der Waals surface area (Å²) in [7, 11) is 0. The molecule has 4 aliphatic carbocycles. The lowest BCUT2D eigenvalue weighted by atomic mass is 9.30. The summed E-state index contributed by atoms with van der Waals surface area (Å²) in [6, 6.07) is 12.0. The average Bonchev–Trinajstić information content (AvgIpc) is 3.30. The first-order valence-corrected chi connectivity index (χ1v) is 13.8. The number of Topliss-reactive ketones (excluding diaryl/α,β-unsaturated/α-hetero) is 1. The number of aliphatic hydroxyl groups excluding tert-OH is 1. The van der Waals surface area contributed by atoms with Gasteiger partial charge in [-0.15, -0.1) is 0 Å². The number of carbonyl (C=O) groups is 2. The van der Waals surface area contributed by atoms with Crippen molar-refractivity contribution in [2.24, 2.45) is 16.2 Å². The van der Waals surface area contributed by atoms with Crippen molar-refractivity contribution in [2.75, 3.05) is 6.61 Å². The predicted octanol–water partition coefficient (Wildman–Crippen LogP) is 4.94. The summed E-state index contributed by atoms with van der Waals surface area (Å²) in [5.74, 6) is -0.502.